The molecule has 6 heteroatoms. The van der Waals surface area contributed by atoms with E-state index in [0.29, 0.717) is 29.9 Å². The van der Waals surface area contributed by atoms with Gasteiger partial charge in [0.15, 0.2) is 0 Å². The van der Waals surface area contributed by atoms with Crippen LogP contribution >= 0.6 is 15.9 Å². The highest BCUT2D eigenvalue weighted by Gasteiger charge is 2.39. The van der Waals surface area contributed by atoms with Gasteiger partial charge < -0.3 is 4.90 Å². The Morgan fingerprint density at radius 3 is 2.83 bits per heavy atom. The van der Waals surface area contributed by atoms with Crippen LogP contribution in [-0.2, 0) is 17.8 Å². The summed E-state index contributed by atoms with van der Waals surface area (Å²) in [4.78, 5) is 32.7. The number of amides is 1. The van der Waals surface area contributed by atoms with Crippen molar-refractivity contribution in [1.29, 1.82) is 0 Å². The number of halogens is 1. The molecule has 3 aromatic rings. The molecule has 2 aliphatic rings. The molecular formula is C24H24BrN3O2. The minimum Gasteiger partial charge on any atom is -0.333 e. The van der Waals surface area contributed by atoms with Crippen LogP contribution in [0.4, 0.5) is 0 Å². The molecule has 1 heterocycles. The van der Waals surface area contributed by atoms with Crippen molar-refractivity contribution in [2.75, 3.05) is 0 Å². The smallest absolute Gasteiger partial charge is 0.261 e. The first-order valence-corrected chi connectivity index (χ1v) is 11.4. The van der Waals surface area contributed by atoms with E-state index < -0.39 is 0 Å². The first-order chi connectivity index (χ1) is 14.6. The molecule has 154 valence electrons. The van der Waals surface area contributed by atoms with E-state index in [-0.39, 0.29) is 17.5 Å². The highest BCUT2D eigenvalue weighted by molar-refractivity contribution is 9.10. The van der Waals surface area contributed by atoms with Crippen LogP contribution in [0.3, 0.4) is 0 Å². The first kappa shape index (κ1) is 19.5. The van der Waals surface area contributed by atoms with Gasteiger partial charge in [-0.2, -0.15) is 0 Å². The molecule has 1 amide bonds. The van der Waals surface area contributed by atoms with Crippen LogP contribution in [0.1, 0.15) is 49.3 Å². The fraction of sp³-hybridized carbons (Fsp3) is 0.375. The fourth-order valence-corrected chi connectivity index (χ4v) is 5.00. The highest BCUT2D eigenvalue weighted by Crippen LogP contribution is 2.41. The third-order valence-electron chi connectivity index (χ3n) is 6.25. The van der Waals surface area contributed by atoms with Crippen LogP contribution in [0.25, 0.3) is 10.9 Å². The van der Waals surface area contributed by atoms with E-state index in [0.717, 1.165) is 36.6 Å². The van der Waals surface area contributed by atoms with Gasteiger partial charge in [0.25, 0.3) is 5.56 Å². The normalized spacial score (nSPS) is 18.2. The lowest BCUT2D eigenvalue weighted by atomic mass is 9.86. The minimum absolute atomic E-state index is 0.102. The predicted octanol–water partition coefficient (Wildman–Crippen LogP) is 4.62. The van der Waals surface area contributed by atoms with Crippen molar-refractivity contribution in [2.24, 2.45) is 0 Å². The molecule has 0 saturated heterocycles. The number of aryl methyl sites for hydroxylation is 2. The highest BCUT2D eigenvalue weighted by atomic mass is 79.9. The molecule has 30 heavy (non-hydrogen) atoms. The van der Waals surface area contributed by atoms with E-state index in [2.05, 4.69) is 50.1 Å². The molecule has 0 spiro atoms. The molecule has 0 bridgehead atoms. The zero-order valence-corrected chi connectivity index (χ0v) is 18.3. The molecule has 1 fully saturated rings. The SMILES string of the molecule is O=C(CCn1cnc2ccc(Br)cc2c1=O)N(C1CC1)C1CCCc2ccccc21. The van der Waals surface area contributed by atoms with Gasteiger partial charge in [0.2, 0.25) is 5.91 Å². The predicted molar refractivity (Wildman–Crippen MR) is 120 cm³/mol. The summed E-state index contributed by atoms with van der Waals surface area (Å²) in [6.07, 6.45) is 7.25. The first-order valence-electron chi connectivity index (χ1n) is 10.7. The standard InChI is InChI=1S/C24H24BrN3O2/c25-17-8-11-21-20(14-17)24(30)27(15-26-21)13-12-23(29)28(18-9-10-18)22-7-3-5-16-4-1-2-6-19(16)22/h1-2,4,6,8,11,14-15,18,22H,3,5,7,9-10,12-13H2. The van der Waals surface area contributed by atoms with Gasteiger partial charge in [0, 0.05) is 23.5 Å². The van der Waals surface area contributed by atoms with Gasteiger partial charge in [0.05, 0.1) is 23.3 Å². The minimum atomic E-state index is -0.102. The fourth-order valence-electron chi connectivity index (χ4n) is 4.64. The summed E-state index contributed by atoms with van der Waals surface area (Å²) < 4.78 is 2.41. The number of nitrogens with zero attached hydrogens (tertiary/aromatic N) is 3. The summed E-state index contributed by atoms with van der Waals surface area (Å²) >= 11 is 3.42. The van der Waals surface area contributed by atoms with E-state index in [1.807, 2.05) is 12.1 Å². The number of fused-ring (bicyclic) bond motifs is 2. The average Bonchev–Trinajstić information content (AvgIpc) is 3.59. The summed E-state index contributed by atoms with van der Waals surface area (Å²) in [5.41, 5.74) is 3.24. The number of aromatic nitrogens is 2. The second-order valence-electron chi connectivity index (χ2n) is 8.29. The Balaban J connectivity index is 1.38. The van der Waals surface area contributed by atoms with Gasteiger partial charge in [-0.1, -0.05) is 40.2 Å². The van der Waals surface area contributed by atoms with Crippen LogP contribution in [0.5, 0.6) is 0 Å². The Labute approximate surface area is 183 Å². The van der Waals surface area contributed by atoms with E-state index >= 15 is 0 Å². The van der Waals surface area contributed by atoms with E-state index in [1.54, 1.807) is 17.0 Å². The number of carbonyl (C=O) groups excluding carboxylic acids is 1. The number of hydrogen-bond donors (Lipinski definition) is 0. The van der Waals surface area contributed by atoms with Crippen molar-refractivity contribution in [2.45, 2.75) is 57.2 Å². The van der Waals surface area contributed by atoms with Crippen molar-refractivity contribution in [3.63, 3.8) is 0 Å². The van der Waals surface area contributed by atoms with Gasteiger partial charge in [-0.15, -0.1) is 0 Å². The van der Waals surface area contributed by atoms with Gasteiger partial charge in [-0.25, -0.2) is 4.98 Å². The molecule has 1 aromatic heterocycles. The molecule has 5 rings (SSSR count). The average molecular weight is 466 g/mol. The van der Waals surface area contributed by atoms with Crippen LogP contribution < -0.4 is 5.56 Å². The quantitative estimate of drug-likeness (QED) is 0.552. The molecule has 0 radical (unpaired) electrons. The van der Waals surface area contributed by atoms with Crippen LogP contribution in [-0.4, -0.2) is 26.4 Å². The number of hydrogen-bond acceptors (Lipinski definition) is 3. The van der Waals surface area contributed by atoms with Crippen molar-refractivity contribution in [3.05, 3.63) is 74.7 Å². The second-order valence-corrected chi connectivity index (χ2v) is 9.21. The third kappa shape index (κ3) is 3.69. The maximum absolute atomic E-state index is 13.3. The number of carbonyl (C=O) groups is 1. The molecule has 1 atom stereocenters. The molecule has 5 nitrogen and oxygen atoms in total. The summed E-state index contributed by atoms with van der Waals surface area (Å²) in [7, 11) is 0. The zero-order chi connectivity index (χ0) is 20.7. The lowest BCUT2D eigenvalue weighted by Gasteiger charge is -2.36. The Kier molecular flexibility index (Phi) is 5.19. The maximum Gasteiger partial charge on any atom is 0.261 e. The van der Waals surface area contributed by atoms with Crippen molar-refractivity contribution in [1.82, 2.24) is 14.5 Å². The molecule has 2 aliphatic carbocycles. The Bertz CT molecular complexity index is 1170. The van der Waals surface area contributed by atoms with Gasteiger partial charge in [0.1, 0.15) is 0 Å². The summed E-state index contributed by atoms with van der Waals surface area (Å²) in [5, 5.41) is 0.569. The van der Waals surface area contributed by atoms with Crippen molar-refractivity contribution < 1.29 is 4.79 Å². The van der Waals surface area contributed by atoms with Crippen molar-refractivity contribution in [3.8, 4) is 0 Å². The van der Waals surface area contributed by atoms with Crippen molar-refractivity contribution >= 4 is 32.7 Å². The monoisotopic (exact) mass is 465 g/mol. The van der Waals surface area contributed by atoms with Crippen LogP contribution in [0, 0.1) is 0 Å². The summed E-state index contributed by atoms with van der Waals surface area (Å²) in [6.45, 7) is 0.352. The van der Waals surface area contributed by atoms with Crippen LogP contribution in [0.15, 0.2) is 58.1 Å². The maximum atomic E-state index is 13.3. The van der Waals surface area contributed by atoms with Crippen LogP contribution in [0.2, 0.25) is 0 Å². The Morgan fingerprint density at radius 2 is 2.00 bits per heavy atom. The topological polar surface area (TPSA) is 55.2 Å². The van der Waals surface area contributed by atoms with Gasteiger partial charge in [-0.05, 0) is 61.4 Å². The van der Waals surface area contributed by atoms with Gasteiger partial charge >= 0.3 is 0 Å². The largest absolute Gasteiger partial charge is 0.333 e. The zero-order valence-electron chi connectivity index (χ0n) is 16.8. The van der Waals surface area contributed by atoms with E-state index in [9.17, 15) is 9.59 Å². The lowest BCUT2D eigenvalue weighted by Crippen LogP contribution is -2.39. The van der Waals surface area contributed by atoms with Gasteiger partial charge in [-0.3, -0.25) is 14.2 Å². The molecule has 2 aromatic carbocycles. The molecular weight excluding hydrogens is 442 g/mol. The third-order valence-corrected chi connectivity index (χ3v) is 6.75. The van der Waals surface area contributed by atoms with E-state index in [1.165, 1.54) is 11.1 Å². The molecule has 1 unspecified atom stereocenters. The Hall–Kier alpha value is -2.47. The summed E-state index contributed by atoms with van der Waals surface area (Å²) in [6, 6.07) is 14.5. The number of benzene rings is 2. The summed E-state index contributed by atoms with van der Waals surface area (Å²) in [5.74, 6) is 0.139. The molecule has 0 N–H and O–H groups in total. The second kappa shape index (κ2) is 7.99. The lowest BCUT2D eigenvalue weighted by molar-refractivity contribution is -0.135. The Morgan fingerprint density at radius 1 is 1.17 bits per heavy atom. The number of rotatable bonds is 5. The molecule has 0 aliphatic heterocycles. The van der Waals surface area contributed by atoms with E-state index in [4.69, 9.17) is 0 Å². The molecule has 1 saturated carbocycles.